The summed E-state index contributed by atoms with van der Waals surface area (Å²) in [5, 5.41) is 3.28. The Morgan fingerprint density at radius 3 is 2.38 bits per heavy atom. The first kappa shape index (κ1) is 17.3. The molecule has 0 aliphatic carbocycles. The second-order valence-corrected chi connectivity index (χ2v) is 4.98. The molecule has 1 rings (SSSR count). The van der Waals surface area contributed by atoms with Crippen LogP contribution < -0.4 is 14.8 Å². The highest BCUT2D eigenvalue weighted by molar-refractivity contribution is 5.78. The molecule has 0 amide bonds. The minimum absolute atomic E-state index is 0.238. The number of esters is 1. The molecule has 21 heavy (non-hydrogen) atoms. The molecule has 1 aromatic rings. The maximum Gasteiger partial charge on any atom is 0.314 e. The minimum Gasteiger partial charge on any atom is -0.493 e. The molecule has 0 aliphatic heterocycles. The van der Waals surface area contributed by atoms with Gasteiger partial charge in [0, 0.05) is 12.6 Å². The van der Waals surface area contributed by atoms with Crippen molar-refractivity contribution < 1.29 is 19.0 Å². The van der Waals surface area contributed by atoms with E-state index in [4.69, 9.17) is 14.2 Å². The number of benzene rings is 1. The summed E-state index contributed by atoms with van der Waals surface area (Å²) in [5.74, 6) is 0.638. The van der Waals surface area contributed by atoms with Gasteiger partial charge in [-0.2, -0.15) is 0 Å². The Bertz CT molecular complexity index is 460. The molecule has 0 saturated heterocycles. The molecule has 0 saturated carbocycles. The summed E-state index contributed by atoms with van der Waals surface area (Å²) in [7, 11) is 3.16. The fourth-order valence-electron chi connectivity index (χ4n) is 2.00. The minimum atomic E-state index is -0.368. The van der Waals surface area contributed by atoms with Gasteiger partial charge in [-0.05, 0) is 24.6 Å². The van der Waals surface area contributed by atoms with Crippen LogP contribution in [-0.2, 0) is 9.53 Å². The van der Waals surface area contributed by atoms with Crippen molar-refractivity contribution in [1.29, 1.82) is 0 Å². The fraction of sp³-hybridized carbons (Fsp3) is 0.562. The Labute approximate surface area is 126 Å². The molecule has 5 heteroatoms. The maximum atomic E-state index is 12.2. The van der Waals surface area contributed by atoms with Crippen molar-refractivity contribution in [3.8, 4) is 11.5 Å². The third-order valence-corrected chi connectivity index (χ3v) is 3.11. The molecule has 0 spiro atoms. The largest absolute Gasteiger partial charge is 0.493 e. The maximum absolute atomic E-state index is 12.2. The van der Waals surface area contributed by atoms with E-state index in [0.29, 0.717) is 30.7 Å². The molecular formula is C16H25NO4. The van der Waals surface area contributed by atoms with Gasteiger partial charge in [0.2, 0.25) is 0 Å². The molecule has 0 heterocycles. The second-order valence-electron chi connectivity index (χ2n) is 4.98. The van der Waals surface area contributed by atoms with Crippen molar-refractivity contribution in [3.63, 3.8) is 0 Å². The number of ether oxygens (including phenoxy) is 3. The van der Waals surface area contributed by atoms with Gasteiger partial charge >= 0.3 is 5.97 Å². The first-order chi connectivity index (χ1) is 10.0. The molecular weight excluding hydrogens is 270 g/mol. The van der Waals surface area contributed by atoms with Crippen LogP contribution in [0.2, 0.25) is 0 Å². The lowest BCUT2D eigenvalue weighted by molar-refractivity contribution is -0.144. The van der Waals surface area contributed by atoms with Gasteiger partial charge in [-0.3, -0.25) is 4.79 Å². The van der Waals surface area contributed by atoms with Crippen molar-refractivity contribution in [2.75, 3.05) is 27.4 Å². The van der Waals surface area contributed by atoms with Crippen LogP contribution in [-0.4, -0.2) is 39.4 Å². The summed E-state index contributed by atoms with van der Waals surface area (Å²) >= 11 is 0. The number of nitrogens with one attached hydrogen (secondary N) is 1. The highest BCUT2D eigenvalue weighted by Gasteiger charge is 2.23. The Balaban J connectivity index is 3.03. The normalized spacial score (nSPS) is 12.1. The standard InChI is InChI=1S/C16H25NO4/c1-6-21-16(18)13(10-17-11(2)3)12-7-8-14(19-4)15(9-12)20-5/h7-9,11,13,17H,6,10H2,1-5H3. The predicted octanol–water partition coefficient (Wildman–Crippen LogP) is 2.35. The van der Waals surface area contributed by atoms with Gasteiger partial charge in [0.25, 0.3) is 0 Å². The molecule has 5 nitrogen and oxygen atoms in total. The Kier molecular flexibility index (Phi) is 7.02. The molecule has 0 radical (unpaired) electrons. The quantitative estimate of drug-likeness (QED) is 0.746. The van der Waals surface area contributed by atoms with Crippen molar-refractivity contribution in [2.45, 2.75) is 32.7 Å². The third-order valence-electron chi connectivity index (χ3n) is 3.11. The van der Waals surface area contributed by atoms with Crippen molar-refractivity contribution in [3.05, 3.63) is 23.8 Å². The van der Waals surface area contributed by atoms with E-state index in [9.17, 15) is 4.79 Å². The second kappa shape index (κ2) is 8.52. The highest BCUT2D eigenvalue weighted by atomic mass is 16.5. The molecule has 1 unspecified atom stereocenters. The van der Waals surface area contributed by atoms with E-state index in [0.717, 1.165) is 5.56 Å². The third kappa shape index (κ3) is 4.93. The Hall–Kier alpha value is -1.75. The lowest BCUT2D eigenvalue weighted by Gasteiger charge is -2.19. The van der Waals surface area contributed by atoms with E-state index in [1.54, 1.807) is 27.2 Å². The molecule has 1 N–H and O–H groups in total. The summed E-state index contributed by atoms with van der Waals surface area (Å²) in [6, 6.07) is 5.78. The summed E-state index contributed by atoms with van der Waals surface area (Å²) in [4.78, 5) is 12.2. The number of rotatable bonds is 8. The summed E-state index contributed by atoms with van der Waals surface area (Å²) < 4.78 is 15.7. The van der Waals surface area contributed by atoms with Crippen molar-refractivity contribution in [2.24, 2.45) is 0 Å². The van der Waals surface area contributed by atoms with Crippen LogP contribution >= 0.6 is 0 Å². The highest BCUT2D eigenvalue weighted by Crippen LogP contribution is 2.31. The molecule has 0 aromatic heterocycles. The van der Waals surface area contributed by atoms with E-state index in [1.165, 1.54) is 0 Å². The number of carbonyl (C=O) groups is 1. The van der Waals surface area contributed by atoms with Crippen LogP contribution in [0.1, 0.15) is 32.3 Å². The van der Waals surface area contributed by atoms with Crippen molar-refractivity contribution in [1.82, 2.24) is 5.32 Å². The summed E-state index contributed by atoms with van der Waals surface area (Å²) in [6.07, 6.45) is 0. The van der Waals surface area contributed by atoms with E-state index in [1.807, 2.05) is 26.0 Å². The SMILES string of the molecule is CCOC(=O)C(CNC(C)C)c1ccc(OC)c(OC)c1. The Morgan fingerprint density at radius 2 is 1.86 bits per heavy atom. The van der Waals surface area contributed by atoms with Crippen molar-refractivity contribution >= 4 is 5.97 Å². The number of carbonyl (C=O) groups excluding carboxylic acids is 1. The smallest absolute Gasteiger partial charge is 0.314 e. The molecule has 118 valence electrons. The first-order valence-corrected chi connectivity index (χ1v) is 7.15. The van der Waals surface area contributed by atoms with Crippen LogP contribution in [0, 0.1) is 0 Å². The predicted molar refractivity (Wildman–Crippen MR) is 82.1 cm³/mol. The lowest BCUT2D eigenvalue weighted by atomic mass is 9.98. The Morgan fingerprint density at radius 1 is 1.19 bits per heavy atom. The van der Waals surface area contributed by atoms with Crippen LogP contribution in [0.25, 0.3) is 0 Å². The zero-order chi connectivity index (χ0) is 15.8. The first-order valence-electron chi connectivity index (χ1n) is 7.15. The zero-order valence-electron chi connectivity index (χ0n) is 13.4. The van der Waals surface area contributed by atoms with Gasteiger partial charge in [-0.15, -0.1) is 0 Å². The molecule has 1 atom stereocenters. The molecule has 0 fully saturated rings. The van der Waals surface area contributed by atoms with Crippen LogP contribution in [0.5, 0.6) is 11.5 Å². The zero-order valence-corrected chi connectivity index (χ0v) is 13.4. The van der Waals surface area contributed by atoms with Gasteiger partial charge in [0.05, 0.1) is 26.7 Å². The topological polar surface area (TPSA) is 56.8 Å². The van der Waals surface area contributed by atoms with Crippen LogP contribution in [0.3, 0.4) is 0 Å². The van der Waals surface area contributed by atoms with Gasteiger partial charge in [0.15, 0.2) is 11.5 Å². The fourth-order valence-corrected chi connectivity index (χ4v) is 2.00. The average Bonchev–Trinajstić information content (AvgIpc) is 2.47. The lowest BCUT2D eigenvalue weighted by Crippen LogP contribution is -2.32. The molecule has 0 aliphatic rings. The summed E-state index contributed by atoms with van der Waals surface area (Å²) in [6.45, 7) is 6.77. The van der Waals surface area contributed by atoms with Gasteiger partial charge in [0.1, 0.15) is 0 Å². The molecule has 0 bridgehead atoms. The number of methoxy groups -OCH3 is 2. The summed E-state index contributed by atoms with van der Waals surface area (Å²) in [5.41, 5.74) is 0.847. The van der Waals surface area contributed by atoms with Gasteiger partial charge in [-0.1, -0.05) is 19.9 Å². The van der Waals surface area contributed by atoms with E-state index >= 15 is 0 Å². The van der Waals surface area contributed by atoms with Gasteiger partial charge < -0.3 is 19.5 Å². The van der Waals surface area contributed by atoms with Crippen LogP contribution in [0.15, 0.2) is 18.2 Å². The van der Waals surface area contributed by atoms with Crippen LogP contribution in [0.4, 0.5) is 0 Å². The average molecular weight is 295 g/mol. The monoisotopic (exact) mass is 295 g/mol. The van der Waals surface area contributed by atoms with E-state index in [-0.39, 0.29) is 11.9 Å². The van der Waals surface area contributed by atoms with E-state index in [2.05, 4.69) is 5.32 Å². The number of hydrogen-bond donors (Lipinski definition) is 1. The number of hydrogen-bond acceptors (Lipinski definition) is 5. The van der Waals surface area contributed by atoms with E-state index < -0.39 is 0 Å². The molecule has 1 aromatic carbocycles. The van der Waals surface area contributed by atoms with Gasteiger partial charge in [-0.25, -0.2) is 0 Å².